The zero-order valence-corrected chi connectivity index (χ0v) is 19.5. The van der Waals surface area contributed by atoms with E-state index < -0.39 is 36.2 Å². The third-order valence-electron chi connectivity index (χ3n) is 5.54. The second-order valence-corrected chi connectivity index (χ2v) is 8.27. The first-order valence-electron chi connectivity index (χ1n) is 10.9. The van der Waals surface area contributed by atoms with Gasteiger partial charge in [0.25, 0.3) is 5.91 Å². The van der Waals surface area contributed by atoms with E-state index in [9.17, 15) is 18.4 Å². The maximum atomic E-state index is 15.1. The van der Waals surface area contributed by atoms with Gasteiger partial charge in [-0.2, -0.15) is 8.78 Å². The highest BCUT2D eigenvalue weighted by Gasteiger charge is 2.34. The van der Waals surface area contributed by atoms with Gasteiger partial charge in [0.15, 0.2) is 11.6 Å². The number of carbonyl (C=O) groups excluding carboxylic acids is 2. The molecule has 2 aromatic rings. The van der Waals surface area contributed by atoms with E-state index in [1.165, 1.54) is 9.96 Å². The highest BCUT2D eigenvalue weighted by atomic mass is 32.1. The number of pyridine rings is 1. The maximum absolute atomic E-state index is 15.1. The molecule has 2 aliphatic heterocycles. The van der Waals surface area contributed by atoms with Crippen molar-refractivity contribution in [3.63, 3.8) is 0 Å². The summed E-state index contributed by atoms with van der Waals surface area (Å²) in [7, 11) is 0. The lowest BCUT2D eigenvalue weighted by Gasteiger charge is -2.25. The van der Waals surface area contributed by atoms with Crippen molar-refractivity contribution in [1.82, 2.24) is 15.4 Å². The van der Waals surface area contributed by atoms with Gasteiger partial charge in [0.2, 0.25) is 0 Å². The van der Waals surface area contributed by atoms with Gasteiger partial charge in [-0.1, -0.05) is 12.2 Å². The lowest BCUT2D eigenvalue weighted by atomic mass is 10.2. The number of alkyl halides is 2. The third-order valence-corrected chi connectivity index (χ3v) is 5.98. The van der Waals surface area contributed by atoms with Crippen LogP contribution in [-0.4, -0.2) is 78.9 Å². The zero-order chi connectivity index (χ0) is 25.8. The first-order valence-corrected chi connectivity index (χ1v) is 11.3. The van der Waals surface area contributed by atoms with Gasteiger partial charge < -0.3 is 15.0 Å². The van der Waals surface area contributed by atoms with Crippen LogP contribution in [0.1, 0.15) is 5.56 Å². The van der Waals surface area contributed by atoms with E-state index in [0.29, 0.717) is 4.99 Å². The Kier molecular flexibility index (Phi) is 7.84. The van der Waals surface area contributed by atoms with Crippen LogP contribution in [-0.2, 0) is 14.4 Å². The fraction of sp³-hybridized carbons (Fsp3) is 0.364. The average Bonchev–Trinajstić information content (AvgIpc) is 3.06. The minimum Gasteiger partial charge on any atom is -0.442 e. The fourth-order valence-corrected chi connectivity index (χ4v) is 4.09. The predicted octanol–water partition coefficient (Wildman–Crippen LogP) is 2.50. The first kappa shape index (κ1) is 25.6. The number of hydroxylamine groups is 2. The third kappa shape index (κ3) is 5.65. The number of amides is 2. The zero-order valence-electron chi connectivity index (χ0n) is 18.7. The first-order chi connectivity index (χ1) is 17.2. The van der Waals surface area contributed by atoms with Crippen molar-refractivity contribution in [2.75, 3.05) is 49.1 Å². The molecule has 2 amide bonds. The summed E-state index contributed by atoms with van der Waals surface area (Å²) in [5.74, 6) is -3.32. The van der Waals surface area contributed by atoms with Crippen molar-refractivity contribution in [3.05, 3.63) is 53.9 Å². The molecule has 1 N–H and O–H groups in total. The molecule has 1 aromatic carbocycles. The van der Waals surface area contributed by atoms with Crippen molar-refractivity contribution >= 4 is 40.6 Å². The topological polar surface area (TPSA) is 87.2 Å². The molecule has 0 bridgehead atoms. The van der Waals surface area contributed by atoms with Crippen LogP contribution in [0.25, 0.3) is 0 Å². The Bertz CT molecular complexity index is 1120. The van der Waals surface area contributed by atoms with Gasteiger partial charge in [0, 0.05) is 43.2 Å². The normalized spacial score (nSPS) is 18.3. The van der Waals surface area contributed by atoms with Crippen molar-refractivity contribution in [2.24, 2.45) is 0 Å². The summed E-state index contributed by atoms with van der Waals surface area (Å²) in [6.45, 7) is 0.207. The molecule has 14 heteroatoms. The van der Waals surface area contributed by atoms with Crippen molar-refractivity contribution < 1.29 is 36.7 Å². The number of thiocarbonyl (C=S) groups is 1. The summed E-state index contributed by atoms with van der Waals surface area (Å²) in [4.78, 5) is 35.7. The van der Waals surface area contributed by atoms with Crippen LogP contribution >= 0.6 is 12.2 Å². The van der Waals surface area contributed by atoms with Crippen LogP contribution in [0.5, 0.6) is 0 Å². The standard InChI is InChI=1S/C22H21F4N5O4S/c23-16-9-14(30-12-15(35-22(30)33)11-28-20(32)19(25)26)10-17(24)18(16)29-5-6-31(34-8-7-29)21(36)13-1-3-27-4-2-13/h1-4,9-10,15,19H,5-8,11-12H2,(H,28,32). The van der Waals surface area contributed by atoms with Crippen molar-refractivity contribution in [3.8, 4) is 0 Å². The van der Waals surface area contributed by atoms with Crippen molar-refractivity contribution in [2.45, 2.75) is 12.5 Å². The van der Waals surface area contributed by atoms with E-state index in [2.05, 4.69) is 4.98 Å². The minimum atomic E-state index is -3.21. The number of aromatic nitrogens is 1. The lowest BCUT2D eigenvalue weighted by molar-refractivity contribution is -0.132. The number of hydrogen-bond donors (Lipinski definition) is 1. The van der Waals surface area contributed by atoms with Crippen LogP contribution in [0, 0.1) is 11.6 Å². The lowest BCUT2D eigenvalue weighted by Crippen LogP contribution is -2.37. The molecule has 1 aromatic heterocycles. The number of benzene rings is 1. The number of cyclic esters (lactones) is 1. The minimum absolute atomic E-state index is 0.104. The molecule has 36 heavy (non-hydrogen) atoms. The average molecular weight is 528 g/mol. The number of carbonyl (C=O) groups is 2. The Morgan fingerprint density at radius 1 is 1.17 bits per heavy atom. The molecule has 0 radical (unpaired) electrons. The largest absolute Gasteiger partial charge is 0.442 e. The van der Waals surface area contributed by atoms with E-state index in [0.717, 1.165) is 22.6 Å². The molecular formula is C22H21F4N5O4S. The molecule has 192 valence electrons. The van der Waals surface area contributed by atoms with Crippen LogP contribution in [0.4, 0.5) is 33.7 Å². The van der Waals surface area contributed by atoms with Crippen LogP contribution in [0.3, 0.4) is 0 Å². The number of nitrogens with zero attached hydrogens (tertiary/aromatic N) is 4. The maximum Gasteiger partial charge on any atom is 0.414 e. The van der Waals surface area contributed by atoms with Gasteiger partial charge >= 0.3 is 12.5 Å². The summed E-state index contributed by atoms with van der Waals surface area (Å²) in [5, 5.41) is 3.43. The van der Waals surface area contributed by atoms with Gasteiger partial charge in [-0.25, -0.2) is 18.6 Å². The van der Waals surface area contributed by atoms with Gasteiger partial charge in [-0.05, 0) is 12.1 Å². The van der Waals surface area contributed by atoms with E-state index in [1.807, 2.05) is 5.32 Å². The number of ether oxygens (including phenoxy) is 1. The van der Waals surface area contributed by atoms with Crippen LogP contribution in [0.2, 0.25) is 0 Å². The molecule has 4 rings (SSSR count). The number of nitrogens with one attached hydrogen (secondary N) is 1. The quantitative estimate of drug-likeness (QED) is 0.453. The molecule has 0 aliphatic carbocycles. The van der Waals surface area contributed by atoms with Crippen LogP contribution in [0.15, 0.2) is 36.7 Å². The Balaban J connectivity index is 1.43. The Morgan fingerprint density at radius 2 is 1.86 bits per heavy atom. The molecule has 1 unspecified atom stereocenters. The highest BCUT2D eigenvalue weighted by molar-refractivity contribution is 7.80. The molecule has 3 heterocycles. The molecule has 2 fully saturated rings. The fourth-order valence-electron chi connectivity index (χ4n) is 3.81. The second kappa shape index (κ2) is 11.0. The van der Waals surface area contributed by atoms with E-state index in [4.69, 9.17) is 21.8 Å². The summed E-state index contributed by atoms with van der Waals surface area (Å²) in [6.07, 6.45) is -1.90. The highest BCUT2D eigenvalue weighted by Crippen LogP contribution is 2.31. The Morgan fingerprint density at radius 3 is 2.53 bits per heavy atom. The number of anilines is 2. The monoisotopic (exact) mass is 527 g/mol. The molecule has 1 atom stereocenters. The smallest absolute Gasteiger partial charge is 0.414 e. The van der Waals surface area contributed by atoms with E-state index in [1.54, 1.807) is 24.5 Å². The Labute approximate surface area is 208 Å². The van der Waals surface area contributed by atoms with E-state index >= 15 is 8.78 Å². The molecule has 2 aliphatic rings. The summed E-state index contributed by atoms with van der Waals surface area (Å²) in [5.41, 5.74) is 0.333. The van der Waals surface area contributed by atoms with Crippen molar-refractivity contribution in [1.29, 1.82) is 0 Å². The Hall–Kier alpha value is -3.52. The molecule has 2 saturated heterocycles. The number of rotatable bonds is 6. The van der Waals surface area contributed by atoms with Gasteiger partial charge in [0.1, 0.15) is 16.8 Å². The summed E-state index contributed by atoms with van der Waals surface area (Å²) < 4.78 is 59.8. The summed E-state index contributed by atoms with van der Waals surface area (Å²) in [6, 6.07) is 5.44. The molecule has 0 saturated carbocycles. The predicted molar refractivity (Wildman–Crippen MR) is 124 cm³/mol. The molecular weight excluding hydrogens is 506 g/mol. The van der Waals surface area contributed by atoms with E-state index in [-0.39, 0.29) is 50.7 Å². The second-order valence-electron chi connectivity index (χ2n) is 7.88. The number of hydrogen-bond acceptors (Lipinski definition) is 7. The molecule has 0 spiro atoms. The van der Waals surface area contributed by atoms with Gasteiger partial charge in [-0.3, -0.25) is 19.5 Å². The van der Waals surface area contributed by atoms with Crippen LogP contribution < -0.4 is 15.1 Å². The molecule has 9 nitrogen and oxygen atoms in total. The van der Waals surface area contributed by atoms with Gasteiger partial charge in [0.05, 0.1) is 31.9 Å². The number of halogens is 4. The van der Waals surface area contributed by atoms with Gasteiger partial charge in [-0.15, -0.1) is 0 Å². The SMILES string of the molecule is O=C(NCC1CN(c2cc(F)c(N3CCON(C(=S)c4ccncc4)CC3)c(F)c2)C(=O)O1)C(F)F. The summed E-state index contributed by atoms with van der Waals surface area (Å²) >= 11 is 5.45.